The molecule has 0 bridgehead atoms. The van der Waals surface area contributed by atoms with Crippen molar-refractivity contribution in [3.8, 4) is 11.5 Å². The second-order valence-corrected chi connectivity index (χ2v) is 9.08. The Kier molecular flexibility index (Phi) is 8.26. The summed E-state index contributed by atoms with van der Waals surface area (Å²) >= 11 is 0. The number of hydrazone groups is 1. The van der Waals surface area contributed by atoms with Gasteiger partial charge in [-0.3, -0.25) is 9.10 Å². The SMILES string of the molecule is CCc1ccccc1N(CC(=O)N/N=C\c1ccc(OC)c(OC)c1)S(=O)(=O)c1ccccc1. The maximum Gasteiger partial charge on any atom is 0.264 e. The summed E-state index contributed by atoms with van der Waals surface area (Å²) in [6.07, 6.45) is 2.05. The van der Waals surface area contributed by atoms with Crippen LogP contribution in [0.3, 0.4) is 0 Å². The van der Waals surface area contributed by atoms with E-state index in [0.29, 0.717) is 29.2 Å². The van der Waals surface area contributed by atoms with E-state index in [2.05, 4.69) is 10.5 Å². The van der Waals surface area contributed by atoms with E-state index < -0.39 is 22.5 Å². The molecule has 3 rings (SSSR count). The molecule has 0 heterocycles. The number of methoxy groups -OCH3 is 2. The van der Waals surface area contributed by atoms with E-state index in [1.165, 1.54) is 32.6 Å². The minimum absolute atomic E-state index is 0.0996. The minimum Gasteiger partial charge on any atom is -0.493 e. The highest BCUT2D eigenvalue weighted by Crippen LogP contribution is 2.28. The van der Waals surface area contributed by atoms with Gasteiger partial charge in [-0.25, -0.2) is 13.8 Å². The molecule has 3 aromatic carbocycles. The molecule has 9 heteroatoms. The second-order valence-electron chi connectivity index (χ2n) is 7.21. The molecule has 0 radical (unpaired) electrons. The Balaban J connectivity index is 1.84. The highest BCUT2D eigenvalue weighted by molar-refractivity contribution is 7.92. The molecule has 178 valence electrons. The van der Waals surface area contributed by atoms with Gasteiger partial charge in [-0.15, -0.1) is 0 Å². The predicted octanol–water partition coefficient (Wildman–Crippen LogP) is 3.61. The molecular weight excluding hydrogens is 454 g/mol. The molecule has 0 aromatic heterocycles. The fraction of sp³-hybridized carbons (Fsp3) is 0.200. The number of aryl methyl sites for hydroxylation is 1. The highest BCUT2D eigenvalue weighted by Gasteiger charge is 2.28. The Morgan fingerprint density at radius 2 is 1.65 bits per heavy atom. The van der Waals surface area contributed by atoms with Crippen molar-refractivity contribution in [3.63, 3.8) is 0 Å². The molecule has 0 saturated carbocycles. The monoisotopic (exact) mass is 481 g/mol. The van der Waals surface area contributed by atoms with Crippen LogP contribution in [0.25, 0.3) is 0 Å². The maximum absolute atomic E-state index is 13.4. The molecule has 0 fully saturated rings. The van der Waals surface area contributed by atoms with E-state index in [0.717, 1.165) is 9.87 Å². The topological polar surface area (TPSA) is 97.3 Å². The molecule has 34 heavy (non-hydrogen) atoms. The van der Waals surface area contributed by atoms with E-state index in [1.807, 2.05) is 19.1 Å². The standard InChI is InChI=1S/C25H27N3O5S/c1-4-20-10-8-9-13-22(20)28(34(30,31)21-11-6-5-7-12-21)18-25(29)27-26-17-19-14-15-23(32-2)24(16-19)33-3/h5-17H,4,18H2,1-3H3,(H,27,29)/b26-17-. The van der Waals surface area contributed by atoms with Crippen LogP contribution in [0.2, 0.25) is 0 Å². The van der Waals surface area contributed by atoms with Crippen molar-refractivity contribution in [1.29, 1.82) is 0 Å². The van der Waals surface area contributed by atoms with Gasteiger partial charge in [-0.1, -0.05) is 43.3 Å². The summed E-state index contributed by atoms with van der Waals surface area (Å²) < 4.78 is 38.5. The zero-order valence-electron chi connectivity index (χ0n) is 19.3. The largest absolute Gasteiger partial charge is 0.493 e. The van der Waals surface area contributed by atoms with E-state index in [9.17, 15) is 13.2 Å². The zero-order chi connectivity index (χ0) is 24.6. The summed E-state index contributed by atoms with van der Waals surface area (Å²) in [6.45, 7) is 1.50. The van der Waals surface area contributed by atoms with Crippen molar-refractivity contribution in [2.75, 3.05) is 25.1 Å². The number of anilines is 1. The number of benzene rings is 3. The summed E-state index contributed by atoms with van der Waals surface area (Å²) in [7, 11) is -0.922. The normalized spacial score (nSPS) is 11.3. The quantitative estimate of drug-likeness (QED) is 0.352. The average Bonchev–Trinajstić information content (AvgIpc) is 2.87. The van der Waals surface area contributed by atoms with Crippen LogP contribution in [-0.2, 0) is 21.2 Å². The zero-order valence-corrected chi connectivity index (χ0v) is 20.1. The summed E-state index contributed by atoms with van der Waals surface area (Å²) in [5, 5.41) is 3.97. The fourth-order valence-corrected chi connectivity index (χ4v) is 4.83. The number of carbonyl (C=O) groups excluding carboxylic acids is 1. The van der Waals surface area contributed by atoms with Gasteiger partial charge in [0.15, 0.2) is 11.5 Å². The Morgan fingerprint density at radius 3 is 2.32 bits per heavy atom. The van der Waals surface area contributed by atoms with Gasteiger partial charge < -0.3 is 9.47 Å². The molecule has 0 unspecified atom stereocenters. The van der Waals surface area contributed by atoms with Crippen LogP contribution >= 0.6 is 0 Å². The first-order valence-corrected chi connectivity index (χ1v) is 12.0. The van der Waals surface area contributed by atoms with Gasteiger partial charge in [-0.2, -0.15) is 5.10 Å². The molecule has 1 N–H and O–H groups in total. The van der Waals surface area contributed by atoms with Crippen LogP contribution in [0.5, 0.6) is 11.5 Å². The van der Waals surface area contributed by atoms with Gasteiger partial charge in [-0.05, 0) is 53.9 Å². The smallest absolute Gasteiger partial charge is 0.264 e. The van der Waals surface area contributed by atoms with Gasteiger partial charge >= 0.3 is 0 Å². The van der Waals surface area contributed by atoms with Gasteiger partial charge in [0.2, 0.25) is 0 Å². The van der Waals surface area contributed by atoms with Crippen LogP contribution in [-0.4, -0.2) is 41.3 Å². The molecule has 1 amide bonds. The summed E-state index contributed by atoms with van der Waals surface area (Å²) in [4.78, 5) is 12.8. The summed E-state index contributed by atoms with van der Waals surface area (Å²) in [5.74, 6) is 0.510. The second kappa shape index (κ2) is 11.3. The van der Waals surface area contributed by atoms with E-state index in [-0.39, 0.29) is 4.90 Å². The third-order valence-corrected chi connectivity index (χ3v) is 6.84. The molecule has 0 aliphatic carbocycles. The number of amides is 1. The fourth-order valence-electron chi connectivity index (χ4n) is 3.35. The lowest BCUT2D eigenvalue weighted by Crippen LogP contribution is -2.40. The van der Waals surface area contributed by atoms with Crippen LogP contribution in [0.4, 0.5) is 5.69 Å². The number of ether oxygens (including phenoxy) is 2. The van der Waals surface area contributed by atoms with Crippen molar-refractivity contribution in [2.24, 2.45) is 5.10 Å². The van der Waals surface area contributed by atoms with Crippen LogP contribution in [0.1, 0.15) is 18.1 Å². The van der Waals surface area contributed by atoms with Crippen LogP contribution in [0, 0.1) is 0 Å². The van der Waals surface area contributed by atoms with Gasteiger partial charge in [0.05, 0.1) is 31.0 Å². The lowest BCUT2D eigenvalue weighted by Gasteiger charge is -2.25. The number of rotatable bonds is 10. The summed E-state index contributed by atoms with van der Waals surface area (Å²) in [5.41, 5.74) is 4.34. The van der Waals surface area contributed by atoms with Gasteiger partial charge in [0.1, 0.15) is 6.54 Å². The van der Waals surface area contributed by atoms with Crippen LogP contribution < -0.4 is 19.2 Å². The number of nitrogens with zero attached hydrogens (tertiary/aromatic N) is 2. The van der Waals surface area contributed by atoms with Crippen molar-refractivity contribution in [2.45, 2.75) is 18.2 Å². The number of sulfonamides is 1. The van der Waals surface area contributed by atoms with Gasteiger partial charge in [0, 0.05) is 0 Å². The Labute approximate surface area is 199 Å². The molecule has 8 nitrogen and oxygen atoms in total. The molecule has 0 spiro atoms. The first-order chi connectivity index (χ1) is 16.4. The molecule has 0 atom stereocenters. The lowest BCUT2D eigenvalue weighted by atomic mass is 10.1. The molecule has 0 aliphatic heterocycles. The van der Waals surface area contributed by atoms with E-state index in [4.69, 9.17) is 9.47 Å². The third kappa shape index (κ3) is 5.74. The Morgan fingerprint density at radius 1 is 0.971 bits per heavy atom. The Bertz CT molecular complexity index is 1260. The predicted molar refractivity (Wildman–Crippen MR) is 132 cm³/mol. The van der Waals surface area contributed by atoms with E-state index in [1.54, 1.807) is 48.5 Å². The first-order valence-electron chi connectivity index (χ1n) is 10.6. The Hall–Kier alpha value is -3.85. The third-order valence-electron chi connectivity index (χ3n) is 5.07. The number of para-hydroxylation sites is 1. The molecular formula is C25H27N3O5S. The molecule has 0 saturated heterocycles. The van der Waals surface area contributed by atoms with Gasteiger partial charge in [0.25, 0.3) is 15.9 Å². The number of hydrogen-bond donors (Lipinski definition) is 1. The number of hydrogen-bond acceptors (Lipinski definition) is 6. The lowest BCUT2D eigenvalue weighted by molar-refractivity contribution is -0.119. The van der Waals surface area contributed by atoms with E-state index >= 15 is 0 Å². The van der Waals surface area contributed by atoms with Crippen molar-refractivity contribution in [1.82, 2.24) is 5.43 Å². The maximum atomic E-state index is 13.4. The number of carbonyl (C=O) groups is 1. The van der Waals surface area contributed by atoms with Crippen LogP contribution in [0.15, 0.2) is 82.8 Å². The molecule has 3 aromatic rings. The molecule has 0 aliphatic rings. The number of nitrogens with one attached hydrogen (secondary N) is 1. The summed E-state index contributed by atoms with van der Waals surface area (Å²) in [6, 6.07) is 20.3. The average molecular weight is 482 g/mol. The first kappa shape index (κ1) is 24.8. The van der Waals surface area contributed by atoms with Crippen molar-refractivity contribution < 1.29 is 22.7 Å². The van der Waals surface area contributed by atoms with Crippen molar-refractivity contribution >= 4 is 27.8 Å². The van der Waals surface area contributed by atoms with Crippen molar-refractivity contribution in [3.05, 3.63) is 83.9 Å². The minimum atomic E-state index is -3.99. The highest BCUT2D eigenvalue weighted by atomic mass is 32.2.